The molecule has 1 rings (SSSR count). The fourth-order valence-corrected chi connectivity index (χ4v) is 2.18. The van der Waals surface area contributed by atoms with Crippen molar-refractivity contribution < 1.29 is 0 Å². The average molecular weight is 227 g/mol. The molecule has 0 radical (unpaired) electrons. The van der Waals surface area contributed by atoms with Gasteiger partial charge in [-0.1, -0.05) is 25.6 Å². The van der Waals surface area contributed by atoms with Gasteiger partial charge in [-0.25, -0.2) is 4.98 Å². The number of rotatable bonds is 6. The van der Waals surface area contributed by atoms with Gasteiger partial charge in [0.2, 0.25) is 0 Å². The summed E-state index contributed by atoms with van der Waals surface area (Å²) in [6, 6.07) is 0. The lowest BCUT2D eigenvalue weighted by Crippen LogP contribution is -2.23. The van der Waals surface area contributed by atoms with Gasteiger partial charge in [0.05, 0.1) is 0 Å². The normalized spacial score (nSPS) is 12.0. The number of aryl methyl sites for hydroxylation is 1. The zero-order chi connectivity index (χ0) is 11.3. The molecular formula is C11H21N3S. The molecule has 2 N–H and O–H groups in total. The van der Waals surface area contributed by atoms with E-state index in [1.807, 2.05) is 31.2 Å². The Balaban J connectivity index is 2.20. The summed E-state index contributed by atoms with van der Waals surface area (Å²) in [5.41, 5.74) is 5.96. The lowest BCUT2D eigenvalue weighted by molar-refractivity contribution is 0.345. The highest BCUT2D eigenvalue weighted by Gasteiger charge is 2.14. The Bertz CT molecular complexity index is 294. The van der Waals surface area contributed by atoms with E-state index in [1.165, 1.54) is 12.8 Å². The fourth-order valence-electron chi connectivity index (χ4n) is 1.31. The van der Waals surface area contributed by atoms with Gasteiger partial charge in [-0.3, -0.25) is 0 Å². The molecule has 0 unspecified atom stereocenters. The largest absolute Gasteiger partial charge is 0.330 e. The molecule has 1 heterocycles. The Morgan fingerprint density at radius 3 is 2.80 bits per heavy atom. The van der Waals surface area contributed by atoms with E-state index in [1.54, 1.807) is 0 Å². The van der Waals surface area contributed by atoms with E-state index in [2.05, 4.69) is 23.4 Å². The third-order valence-electron chi connectivity index (χ3n) is 2.56. The van der Waals surface area contributed by atoms with E-state index >= 15 is 0 Å². The van der Waals surface area contributed by atoms with Gasteiger partial charge in [0, 0.05) is 25.2 Å². The summed E-state index contributed by atoms with van der Waals surface area (Å²) in [6.07, 6.45) is 6.20. The van der Waals surface area contributed by atoms with Crippen LogP contribution < -0.4 is 5.73 Å². The Morgan fingerprint density at radius 2 is 2.27 bits per heavy atom. The molecule has 0 aliphatic heterocycles. The summed E-state index contributed by atoms with van der Waals surface area (Å²) in [7, 11) is 2.03. The second-order valence-electron chi connectivity index (χ2n) is 4.64. The van der Waals surface area contributed by atoms with Crippen LogP contribution in [0.2, 0.25) is 0 Å². The van der Waals surface area contributed by atoms with E-state index in [0.717, 1.165) is 17.5 Å². The summed E-state index contributed by atoms with van der Waals surface area (Å²) < 4.78 is 2.05. The topological polar surface area (TPSA) is 43.8 Å². The molecule has 4 heteroatoms. The molecule has 0 aliphatic rings. The number of nitrogens with zero attached hydrogens (tertiary/aromatic N) is 2. The Hall–Kier alpha value is -0.480. The molecule has 0 fully saturated rings. The lowest BCUT2D eigenvalue weighted by atomic mass is 9.88. The second-order valence-corrected chi connectivity index (χ2v) is 5.70. The van der Waals surface area contributed by atoms with Crippen LogP contribution in [0.4, 0.5) is 0 Å². The predicted molar refractivity (Wildman–Crippen MR) is 66.0 cm³/mol. The minimum Gasteiger partial charge on any atom is -0.330 e. The Labute approximate surface area is 96.5 Å². The lowest BCUT2D eigenvalue weighted by Gasteiger charge is -2.21. The summed E-state index contributed by atoms with van der Waals surface area (Å²) in [6.45, 7) is 5.21. The molecule has 86 valence electrons. The van der Waals surface area contributed by atoms with Crippen molar-refractivity contribution in [3.8, 4) is 0 Å². The molecular weight excluding hydrogens is 206 g/mol. The maximum Gasteiger partial charge on any atom is 0.167 e. The SMILES string of the molecule is Cn1ccnc1SCCCC(C)(C)CN. The average Bonchev–Trinajstić information content (AvgIpc) is 2.59. The zero-order valence-corrected chi connectivity index (χ0v) is 10.7. The molecule has 0 aromatic carbocycles. The molecule has 0 saturated carbocycles. The van der Waals surface area contributed by atoms with E-state index < -0.39 is 0 Å². The van der Waals surface area contributed by atoms with Gasteiger partial charge in [-0.05, 0) is 24.8 Å². The van der Waals surface area contributed by atoms with E-state index in [4.69, 9.17) is 5.73 Å². The first-order valence-electron chi connectivity index (χ1n) is 5.35. The highest BCUT2D eigenvalue weighted by Crippen LogP contribution is 2.23. The van der Waals surface area contributed by atoms with E-state index in [-0.39, 0.29) is 5.41 Å². The van der Waals surface area contributed by atoms with Crippen molar-refractivity contribution in [3.63, 3.8) is 0 Å². The summed E-state index contributed by atoms with van der Waals surface area (Å²) in [5.74, 6) is 1.12. The monoisotopic (exact) mass is 227 g/mol. The highest BCUT2D eigenvalue weighted by molar-refractivity contribution is 7.99. The van der Waals surface area contributed by atoms with Crippen LogP contribution in [0.5, 0.6) is 0 Å². The van der Waals surface area contributed by atoms with Crippen LogP contribution in [0, 0.1) is 5.41 Å². The number of aromatic nitrogens is 2. The molecule has 1 aromatic heterocycles. The number of nitrogens with two attached hydrogens (primary N) is 1. The minimum absolute atomic E-state index is 0.280. The predicted octanol–water partition coefficient (Wildman–Crippen LogP) is 2.28. The first kappa shape index (κ1) is 12.6. The summed E-state index contributed by atoms with van der Waals surface area (Å²) in [5, 5.41) is 1.10. The molecule has 3 nitrogen and oxygen atoms in total. The molecule has 15 heavy (non-hydrogen) atoms. The van der Waals surface area contributed by atoms with Gasteiger partial charge in [0.1, 0.15) is 0 Å². The van der Waals surface area contributed by atoms with Crippen molar-refractivity contribution in [2.24, 2.45) is 18.2 Å². The standard InChI is InChI=1S/C11H21N3S/c1-11(2,9-12)5-4-8-15-10-13-6-7-14(10)3/h6-7H,4-5,8-9,12H2,1-3H3. The number of imidazole rings is 1. The van der Waals surface area contributed by atoms with E-state index in [0.29, 0.717) is 0 Å². The molecule has 0 amide bonds. The van der Waals surface area contributed by atoms with Crippen molar-refractivity contribution in [3.05, 3.63) is 12.4 Å². The number of hydrogen-bond acceptors (Lipinski definition) is 3. The van der Waals surface area contributed by atoms with Gasteiger partial charge in [-0.15, -0.1) is 0 Å². The van der Waals surface area contributed by atoms with Gasteiger partial charge in [-0.2, -0.15) is 0 Å². The van der Waals surface area contributed by atoms with Crippen molar-refractivity contribution in [2.45, 2.75) is 31.8 Å². The summed E-state index contributed by atoms with van der Waals surface area (Å²) >= 11 is 1.82. The molecule has 0 aliphatic carbocycles. The van der Waals surface area contributed by atoms with Crippen molar-refractivity contribution in [1.82, 2.24) is 9.55 Å². The summed E-state index contributed by atoms with van der Waals surface area (Å²) in [4.78, 5) is 4.27. The molecule has 0 saturated heterocycles. The van der Waals surface area contributed by atoms with Crippen LogP contribution in [-0.2, 0) is 7.05 Å². The third kappa shape index (κ3) is 4.26. The first-order chi connectivity index (χ1) is 7.05. The minimum atomic E-state index is 0.280. The highest BCUT2D eigenvalue weighted by atomic mass is 32.2. The van der Waals surface area contributed by atoms with Crippen molar-refractivity contribution in [1.29, 1.82) is 0 Å². The Morgan fingerprint density at radius 1 is 1.53 bits per heavy atom. The fraction of sp³-hybridized carbons (Fsp3) is 0.727. The molecule has 0 bridgehead atoms. The van der Waals surface area contributed by atoms with Crippen molar-refractivity contribution >= 4 is 11.8 Å². The first-order valence-corrected chi connectivity index (χ1v) is 6.34. The number of hydrogen-bond donors (Lipinski definition) is 1. The number of thioether (sulfide) groups is 1. The zero-order valence-electron chi connectivity index (χ0n) is 9.86. The molecule has 1 aromatic rings. The van der Waals surface area contributed by atoms with Gasteiger partial charge >= 0.3 is 0 Å². The maximum atomic E-state index is 5.68. The van der Waals surface area contributed by atoms with Gasteiger partial charge in [0.25, 0.3) is 0 Å². The van der Waals surface area contributed by atoms with Crippen LogP contribution in [-0.4, -0.2) is 21.8 Å². The molecule has 0 spiro atoms. The third-order valence-corrected chi connectivity index (χ3v) is 3.70. The van der Waals surface area contributed by atoms with Crippen LogP contribution in [0.15, 0.2) is 17.6 Å². The van der Waals surface area contributed by atoms with Crippen LogP contribution in [0.25, 0.3) is 0 Å². The van der Waals surface area contributed by atoms with Crippen LogP contribution in [0.1, 0.15) is 26.7 Å². The second kappa shape index (κ2) is 5.56. The van der Waals surface area contributed by atoms with E-state index in [9.17, 15) is 0 Å². The van der Waals surface area contributed by atoms with Crippen molar-refractivity contribution in [2.75, 3.05) is 12.3 Å². The maximum absolute atomic E-state index is 5.68. The quantitative estimate of drug-likeness (QED) is 0.599. The van der Waals surface area contributed by atoms with Crippen LogP contribution in [0.3, 0.4) is 0 Å². The van der Waals surface area contributed by atoms with Gasteiger partial charge < -0.3 is 10.3 Å². The Kier molecular flexibility index (Phi) is 4.67. The van der Waals surface area contributed by atoms with Gasteiger partial charge in [0.15, 0.2) is 5.16 Å². The molecule has 0 atom stereocenters. The van der Waals surface area contributed by atoms with Crippen LogP contribution >= 0.6 is 11.8 Å². The smallest absolute Gasteiger partial charge is 0.167 e.